The van der Waals surface area contributed by atoms with Crippen LogP contribution in [0.4, 0.5) is 5.82 Å². The summed E-state index contributed by atoms with van der Waals surface area (Å²) in [4.78, 5) is 9.60. The van der Waals surface area contributed by atoms with Crippen LogP contribution in [0, 0.1) is 3.57 Å². The fourth-order valence-corrected chi connectivity index (χ4v) is 2.84. The zero-order valence-corrected chi connectivity index (χ0v) is 12.7. The van der Waals surface area contributed by atoms with Crippen LogP contribution in [0.15, 0.2) is 30.0 Å². The predicted octanol–water partition coefficient (Wildman–Crippen LogP) is 3.53. The van der Waals surface area contributed by atoms with Crippen LogP contribution in [-0.2, 0) is 5.41 Å². The first-order chi connectivity index (χ1) is 8.09. The van der Waals surface area contributed by atoms with Gasteiger partial charge in [-0.05, 0) is 34.0 Å². The molecule has 17 heavy (non-hydrogen) atoms. The molecule has 0 aliphatic carbocycles. The Balaban J connectivity index is 2.06. The van der Waals surface area contributed by atoms with E-state index in [0.29, 0.717) is 0 Å². The fourth-order valence-electron chi connectivity index (χ4n) is 1.50. The van der Waals surface area contributed by atoms with E-state index >= 15 is 0 Å². The van der Waals surface area contributed by atoms with E-state index < -0.39 is 0 Å². The van der Waals surface area contributed by atoms with Crippen molar-refractivity contribution in [3.63, 3.8) is 0 Å². The summed E-state index contributed by atoms with van der Waals surface area (Å²) < 4.78 is 1.05. The van der Waals surface area contributed by atoms with Crippen molar-refractivity contribution in [1.29, 1.82) is 0 Å². The molecule has 0 aliphatic heterocycles. The third-order valence-corrected chi connectivity index (χ3v) is 4.58. The molecule has 1 N–H and O–H groups in total. The first kappa shape index (κ1) is 12.8. The summed E-state index contributed by atoms with van der Waals surface area (Å²) in [7, 11) is 0. The van der Waals surface area contributed by atoms with Crippen molar-refractivity contribution in [3.05, 3.63) is 38.5 Å². The van der Waals surface area contributed by atoms with Crippen LogP contribution in [0.1, 0.15) is 18.7 Å². The molecule has 90 valence electrons. The highest BCUT2D eigenvalue weighted by atomic mass is 127. The summed E-state index contributed by atoms with van der Waals surface area (Å²) in [5.74, 6) is 0.908. The van der Waals surface area contributed by atoms with E-state index in [1.165, 1.54) is 4.88 Å². The van der Waals surface area contributed by atoms with E-state index in [4.69, 9.17) is 0 Å². The van der Waals surface area contributed by atoms with E-state index in [0.717, 1.165) is 15.9 Å². The number of thiophene rings is 1. The van der Waals surface area contributed by atoms with Gasteiger partial charge in [-0.2, -0.15) is 0 Å². The number of nitrogens with one attached hydrogen (secondary N) is 1. The predicted molar refractivity (Wildman–Crippen MR) is 80.6 cm³/mol. The van der Waals surface area contributed by atoms with Gasteiger partial charge in [0.15, 0.2) is 0 Å². The molecule has 0 saturated carbocycles. The normalized spacial score (nSPS) is 11.5. The van der Waals surface area contributed by atoms with Crippen LogP contribution in [0.2, 0.25) is 0 Å². The van der Waals surface area contributed by atoms with Crippen LogP contribution in [-0.4, -0.2) is 16.5 Å². The molecule has 3 nitrogen and oxygen atoms in total. The highest BCUT2D eigenvalue weighted by Gasteiger charge is 2.21. The van der Waals surface area contributed by atoms with E-state index in [1.807, 2.05) is 6.20 Å². The van der Waals surface area contributed by atoms with Crippen molar-refractivity contribution in [2.24, 2.45) is 0 Å². The largest absolute Gasteiger partial charge is 0.368 e. The molecule has 0 spiro atoms. The lowest BCUT2D eigenvalue weighted by molar-refractivity contribution is 0.568. The van der Waals surface area contributed by atoms with Gasteiger partial charge in [0, 0.05) is 23.0 Å². The lowest BCUT2D eigenvalue weighted by Gasteiger charge is -2.24. The first-order valence-corrected chi connectivity index (χ1v) is 7.29. The second kappa shape index (κ2) is 5.30. The van der Waals surface area contributed by atoms with Crippen molar-refractivity contribution in [3.8, 4) is 0 Å². The number of rotatable bonds is 4. The topological polar surface area (TPSA) is 37.8 Å². The van der Waals surface area contributed by atoms with Gasteiger partial charge >= 0.3 is 0 Å². The zero-order chi connectivity index (χ0) is 12.3. The third-order valence-electron chi connectivity index (χ3n) is 2.55. The number of halogens is 1. The van der Waals surface area contributed by atoms with Crippen molar-refractivity contribution in [2.45, 2.75) is 19.3 Å². The Labute approximate surface area is 119 Å². The molecule has 0 bridgehead atoms. The van der Waals surface area contributed by atoms with Crippen molar-refractivity contribution >= 4 is 39.7 Å². The van der Waals surface area contributed by atoms with Gasteiger partial charge < -0.3 is 5.32 Å². The average molecular weight is 359 g/mol. The maximum absolute atomic E-state index is 4.24. The molecular formula is C12H14IN3S. The van der Waals surface area contributed by atoms with Gasteiger partial charge in [0.25, 0.3) is 0 Å². The van der Waals surface area contributed by atoms with Crippen molar-refractivity contribution in [1.82, 2.24) is 9.97 Å². The molecule has 0 amide bonds. The average Bonchev–Trinajstić information content (AvgIpc) is 2.82. The lowest BCUT2D eigenvalue weighted by atomic mass is 9.91. The van der Waals surface area contributed by atoms with Crippen LogP contribution in [0.25, 0.3) is 0 Å². The monoisotopic (exact) mass is 359 g/mol. The molecule has 2 aromatic heterocycles. The quantitative estimate of drug-likeness (QED) is 0.849. The molecular weight excluding hydrogens is 345 g/mol. The Morgan fingerprint density at radius 2 is 2.29 bits per heavy atom. The minimum atomic E-state index is 0.113. The summed E-state index contributed by atoms with van der Waals surface area (Å²) in [6, 6.07) is 4.27. The van der Waals surface area contributed by atoms with Crippen LogP contribution in [0.3, 0.4) is 0 Å². The number of nitrogens with zero attached hydrogens (tertiary/aromatic N) is 2. The second-order valence-electron chi connectivity index (χ2n) is 4.43. The molecule has 2 heterocycles. The number of aromatic nitrogens is 2. The van der Waals surface area contributed by atoms with E-state index in [9.17, 15) is 0 Å². The minimum absolute atomic E-state index is 0.113. The summed E-state index contributed by atoms with van der Waals surface area (Å²) in [6.45, 7) is 5.33. The zero-order valence-electron chi connectivity index (χ0n) is 9.77. The molecule has 2 rings (SSSR count). The molecule has 2 aromatic rings. The van der Waals surface area contributed by atoms with Gasteiger partial charge in [-0.1, -0.05) is 19.9 Å². The second-order valence-corrected chi connectivity index (χ2v) is 6.54. The van der Waals surface area contributed by atoms with Crippen LogP contribution < -0.4 is 5.32 Å². The highest BCUT2D eigenvalue weighted by molar-refractivity contribution is 14.1. The minimum Gasteiger partial charge on any atom is -0.368 e. The van der Waals surface area contributed by atoms with Crippen molar-refractivity contribution < 1.29 is 0 Å². The Morgan fingerprint density at radius 3 is 2.94 bits per heavy atom. The maximum atomic E-state index is 4.24. The fraction of sp³-hybridized carbons (Fsp3) is 0.333. The number of anilines is 1. The molecule has 5 heteroatoms. The molecule has 0 aromatic carbocycles. The first-order valence-electron chi connectivity index (χ1n) is 5.33. The SMILES string of the molecule is CC(C)(CNc1ncncc1I)c1cccs1. The summed E-state index contributed by atoms with van der Waals surface area (Å²) in [5, 5.41) is 5.51. The van der Waals surface area contributed by atoms with Gasteiger partial charge in [-0.15, -0.1) is 11.3 Å². The Kier molecular flexibility index (Phi) is 3.98. The number of hydrogen-bond donors (Lipinski definition) is 1. The van der Waals surface area contributed by atoms with Gasteiger partial charge in [0.2, 0.25) is 0 Å². The van der Waals surface area contributed by atoms with Gasteiger partial charge in [-0.25, -0.2) is 9.97 Å². The maximum Gasteiger partial charge on any atom is 0.142 e. The van der Waals surface area contributed by atoms with E-state index in [1.54, 1.807) is 17.7 Å². The van der Waals surface area contributed by atoms with Gasteiger partial charge in [0.1, 0.15) is 12.1 Å². The molecule has 0 saturated heterocycles. The molecule has 0 radical (unpaired) electrons. The Morgan fingerprint density at radius 1 is 1.47 bits per heavy atom. The van der Waals surface area contributed by atoms with E-state index in [-0.39, 0.29) is 5.41 Å². The molecule has 0 atom stereocenters. The molecule has 0 fully saturated rings. The highest BCUT2D eigenvalue weighted by Crippen LogP contribution is 2.28. The van der Waals surface area contributed by atoms with Crippen molar-refractivity contribution in [2.75, 3.05) is 11.9 Å². The molecule has 0 aliphatic rings. The molecule has 0 unspecified atom stereocenters. The standard InChI is InChI=1S/C12H14IN3S/c1-12(2,10-4-3-5-17-10)7-15-11-9(13)6-14-8-16-11/h3-6,8H,7H2,1-2H3,(H,14,15,16). The van der Waals surface area contributed by atoms with Gasteiger partial charge in [-0.3, -0.25) is 0 Å². The number of hydrogen-bond acceptors (Lipinski definition) is 4. The summed E-state index contributed by atoms with van der Waals surface area (Å²) >= 11 is 4.04. The van der Waals surface area contributed by atoms with Crippen LogP contribution >= 0.6 is 33.9 Å². The summed E-state index contributed by atoms with van der Waals surface area (Å²) in [5.41, 5.74) is 0.113. The van der Waals surface area contributed by atoms with Gasteiger partial charge in [0.05, 0.1) is 3.57 Å². The van der Waals surface area contributed by atoms with E-state index in [2.05, 4.69) is 69.2 Å². The third kappa shape index (κ3) is 3.16. The summed E-state index contributed by atoms with van der Waals surface area (Å²) in [6.07, 6.45) is 3.39. The smallest absolute Gasteiger partial charge is 0.142 e. The Bertz CT molecular complexity index is 482. The lowest BCUT2D eigenvalue weighted by Crippen LogP contribution is -2.27. The van der Waals surface area contributed by atoms with Crippen LogP contribution in [0.5, 0.6) is 0 Å². The Hall–Kier alpha value is -0.690.